The monoisotopic (exact) mass is 220 g/mol. The van der Waals surface area contributed by atoms with Crippen LogP contribution in [0.2, 0.25) is 0 Å². The molecule has 3 heteroatoms. The quantitative estimate of drug-likeness (QED) is 0.602. The van der Waals surface area contributed by atoms with Gasteiger partial charge in [-0.15, -0.1) is 11.8 Å². The normalized spacial score (nSPS) is 10.7. The van der Waals surface area contributed by atoms with Crippen molar-refractivity contribution >= 4 is 22.5 Å². The molecule has 0 aliphatic rings. The van der Waals surface area contributed by atoms with Gasteiger partial charge in [0.25, 0.3) is 0 Å². The molecular formula is C12H12O2S. The van der Waals surface area contributed by atoms with Crippen LogP contribution in [0, 0.1) is 0 Å². The smallest absolute Gasteiger partial charge is 0.158 e. The molecule has 0 aliphatic heterocycles. The summed E-state index contributed by atoms with van der Waals surface area (Å²) in [5, 5.41) is 20.6. The second kappa shape index (κ2) is 4.03. The van der Waals surface area contributed by atoms with Crippen LogP contribution < -0.4 is 0 Å². The molecule has 0 fully saturated rings. The van der Waals surface area contributed by atoms with E-state index in [0.29, 0.717) is 0 Å². The highest BCUT2D eigenvalue weighted by Gasteiger charge is 2.02. The van der Waals surface area contributed by atoms with Gasteiger partial charge < -0.3 is 10.2 Å². The Hall–Kier alpha value is -1.35. The average Bonchev–Trinajstić information content (AvgIpc) is 2.21. The second-order valence-electron chi connectivity index (χ2n) is 3.28. The van der Waals surface area contributed by atoms with E-state index in [0.717, 1.165) is 16.5 Å². The predicted molar refractivity (Wildman–Crippen MR) is 63.7 cm³/mol. The van der Waals surface area contributed by atoms with Gasteiger partial charge >= 0.3 is 0 Å². The molecule has 2 rings (SSSR count). The first kappa shape index (κ1) is 10.2. The Balaban J connectivity index is 2.56. The van der Waals surface area contributed by atoms with Crippen molar-refractivity contribution in [3.8, 4) is 11.5 Å². The molecule has 0 aliphatic carbocycles. The maximum absolute atomic E-state index is 9.38. The number of rotatable bonds is 2. The van der Waals surface area contributed by atoms with Gasteiger partial charge in [0.15, 0.2) is 11.5 Å². The van der Waals surface area contributed by atoms with Gasteiger partial charge in [0.1, 0.15) is 0 Å². The number of aromatic hydroxyl groups is 2. The molecule has 0 saturated carbocycles. The largest absolute Gasteiger partial charge is 0.504 e. The molecule has 0 radical (unpaired) electrons. The lowest BCUT2D eigenvalue weighted by Crippen LogP contribution is -1.77. The van der Waals surface area contributed by atoms with E-state index in [9.17, 15) is 10.2 Å². The zero-order valence-electron chi connectivity index (χ0n) is 8.40. The average molecular weight is 220 g/mol. The van der Waals surface area contributed by atoms with Crippen molar-refractivity contribution in [2.75, 3.05) is 5.75 Å². The molecule has 0 amide bonds. The van der Waals surface area contributed by atoms with Gasteiger partial charge in [-0.25, -0.2) is 0 Å². The summed E-state index contributed by atoms with van der Waals surface area (Å²) in [6, 6.07) is 9.15. The Labute approximate surface area is 92.6 Å². The van der Waals surface area contributed by atoms with E-state index in [1.165, 1.54) is 4.90 Å². The standard InChI is InChI=1S/C12H12O2S/c1-2-15-10-4-3-8-6-11(13)12(14)7-9(8)5-10/h3-7,13-14H,2H2,1H3. The number of benzene rings is 2. The van der Waals surface area contributed by atoms with Crippen molar-refractivity contribution < 1.29 is 10.2 Å². The van der Waals surface area contributed by atoms with Gasteiger partial charge in [0, 0.05) is 4.90 Å². The molecule has 0 spiro atoms. The molecule has 78 valence electrons. The van der Waals surface area contributed by atoms with E-state index in [4.69, 9.17) is 0 Å². The number of fused-ring (bicyclic) bond motifs is 1. The number of phenolic OH excluding ortho intramolecular Hbond substituents is 2. The number of hydrogen-bond acceptors (Lipinski definition) is 3. The highest BCUT2D eigenvalue weighted by molar-refractivity contribution is 7.99. The summed E-state index contributed by atoms with van der Waals surface area (Å²) in [7, 11) is 0. The van der Waals surface area contributed by atoms with Crippen LogP contribution in [0.1, 0.15) is 6.92 Å². The Morgan fingerprint density at radius 3 is 2.33 bits per heavy atom. The summed E-state index contributed by atoms with van der Waals surface area (Å²) in [5.74, 6) is 0.884. The molecule has 15 heavy (non-hydrogen) atoms. The lowest BCUT2D eigenvalue weighted by Gasteiger charge is -2.04. The van der Waals surface area contributed by atoms with Crippen molar-refractivity contribution in [1.82, 2.24) is 0 Å². The second-order valence-corrected chi connectivity index (χ2v) is 4.62. The predicted octanol–water partition coefficient (Wildman–Crippen LogP) is 3.36. The summed E-state index contributed by atoms with van der Waals surface area (Å²) in [6.07, 6.45) is 0. The van der Waals surface area contributed by atoms with E-state index in [1.54, 1.807) is 23.9 Å². The van der Waals surface area contributed by atoms with Gasteiger partial charge in [0.05, 0.1) is 0 Å². The van der Waals surface area contributed by atoms with Crippen molar-refractivity contribution in [3.63, 3.8) is 0 Å². The van der Waals surface area contributed by atoms with Crippen LogP contribution in [0.4, 0.5) is 0 Å². The van der Waals surface area contributed by atoms with Crippen LogP contribution in [-0.4, -0.2) is 16.0 Å². The maximum Gasteiger partial charge on any atom is 0.158 e. The third-order valence-electron chi connectivity index (χ3n) is 2.22. The minimum absolute atomic E-state index is 0.0684. The molecule has 0 heterocycles. The third kappa shape index (κ3) is 2.02. The number of thioether (sulfide) groups is 1. The molecule has 0 saturated heterocycles. The van der Waals surface area contributed by atoms with Crippen LogP contribution in [0.25, 0.3) is 10.8 Å². The molecule has 2 nitrogen and oxygen atoms in total. The molecule has 2 aromatic carbocycles. The fourth-order valence-corrected chi connectivity index (χ4v) is 2.22. The van der Waals surface area contributed by atoms with E-state index in [2.05, 4.69) is 6.92 Å². The Morgan fingerprint density at radius 1 is 1.00 bits per heavy atom. The number of hydrogen-bond donors (Lipinski definition) is 2. The van der Waals surface area contributed by atoms with Crippen LogP contribution >= 0.6 is 11.8 Å². The minimum Gasteiger partial charge on any atom is -0.504 e. The lowest BCUT2D eigenvalue weighted by atomic mass is 10.1. The molecule has 2 N–H and O–H groups in total. The first-order chi connectivity index (χ1) is 7.20. The van der Waals surface area contributed by atoms with Crippen molar-refractivity contribution in [2.24, 2.45) is 0 Å². The van der Waals surface area contributed by atoms with Crippen molar-refractivity contribution in [2.45, 2.75) is 11.8 Å². The Morgan fingerprint density at radius 2 is 1.67 bits per heavy atom. The van der Waals surface area contributed by atoms with Gasteiger partial charge in [-0.3, -0.25) is 0 Å². The van der Waals surface area contributed by atoms with Crippen LogP contribution in [-0.2, 0) is 0 Å². The summed E-state index contributed by atoms with van der Waals surface area (Å²) in [4.78, 5) is 1.18. The SMILES string of the molecule is CCSc1ccc2cc(O)c(O)cc2c1. The van der Waals surface area contributed by atoms with E-state index < -0.39 is 0 Å². The van der Waals surface area contributed by atoms with E-state index in [1.807, 2.05) is 18.2 Å². The third-order valence-corrected chi connectivity index (χ3v) is 3.09. The molecular weight excluding hydrogens is 208 g/mol. The van der Waals surface area contributed by atoms with Gasteiger partial charge in [0.2, 0.25) is 0 Å². The summed E-state index contributed by atoms with van der Waals surface area (Å²) < 4.78 is 0. The summed E-state index contributed by atoms with van der Waals surface area (Å²) >= 11 is 1.76. The van der Waals surface area contributed by atoms with Crippen molar-refractivity contribution in [1.29, 1.82) is 0 Å². The van der Waals surface area contributed by atoms with Crippen LogP contribution in [0.5, 0.6) is 11.5 Å². The van der Waals surface area contributed by atoms with E-state index >= 15 is 0 Å². The fraction of sp³-hybridized carbons (Fsp3) is 0.167. The summed E-state index contributed by atoms with van der Waals surface area (Å²) in [5.41, 5.74) is 0. The first-order valence-electron chi connectivity index (χ1n) is 4.79. The molecule has 0 atom stereocenters. The van der Waals surface area contributed by atoms with Gasteiger partial charge in [-0.2, -0.15) is 0 Å². The minimum atomic E-state index is -0.0709. The van der Waals surface area contributed by atoms with E-state index in [-0.39, 0.29) is 11.5 Å². The highest BCUT2D eigenvalue weighted by atomic mass is 32.2. The molecule has 0 aromatic heterocycles. The van der Waals surface area contributed by atoms with Crippen LogP contribution in [0.15, 0.2) is 35.2 Å². The zero-order chi connectivity index (χ0) is 10.8. The summed E-state index contributed by atoms with van der Waals surface area (Å²) in [6.45, 7) is 2.10. The molecule has 0 bridgehead atoms. The highest BCUT2D eigenvalue weighted by Crippen LogP contribution is 2.32. The Kier molecular flexibility index (Phi) is 2.73. The lowest BCUT2D eigenvalue weighted by molar-refractivity contribution is 0.405. The fourth-order valence-electron chi connectivity index (χ4n) is 1.51. The van der Waals surface area contributed by atoms with Crippen molar-refractivity contribution in [3.05, 3.63) is 30.3 Å². The van der Waals surface area contributed by atoms with Gasteiger partial charge in [-0.05, 0) is 40.8 Å². The first-order valence-corrected chi connectivity index (χ1v) is 5.78. The Bertz CT molecular complexity index is 494. The van der Waals surface area contributed by atoms with Gasteiger partial charge in [-0.1, -0.05) is 13.0 Å². The molecule has 2 aromatic rings. The molecule has 0 unspecified atom stereocenters. The van der Waals surface area contributed by atoms with Crippen LogP contribution in [0.3, 0.4) is 0 Å². The topological polar surface area (TPSA) is 40.5 Å². The number of phenols is 2. The maximum atomic E-state index is 9.38. The zero-order valence-corrected chi connectivity index (χ0v) is 9.21.